The topological polar surface area (TPSA) is 78.6 Å². The van der Waals surface area contributed by atoms with Gasteiger partial charge in [0.05, 0.1) is 16.7 Å². The number of benzene rings is 1. The van der Waals surface area contributed by atoms with Gasteiger partial charge in [-0.05, 0) is 20.8 Å². The molecule has 0 aromatic heterocycles. The molecule has 0 aliphatic rings. The summed E-state index contributed by atoms with van der Waals surface area (Å²) >= 11 is -1.84. The van der Waals surface area contributed by atoms with Crippen LogP contribution in [0.2, 0.25) is 0 Å². The van der Waals surface area contributed by atoms with Crippen molar-refractivity contribution in [3.63, 3.8) is 0 Å². The van der Waals surface area contributed by atoms with E-state index in [0.717, 1.165) is 0 Å². The molecule has 122 valence electrons. The normalized spacial score (nSPS) is 14.4. The molecule has 1 unspecified atom stereocenters. The van der Waals surface area contributed by atoms with Gasteiger partial charge in [-0.2, -0.15) is 13.2 Å². The van der Waals surface area contributed by atoms with Gasteiger partial charge in [-0.1, -0.05) is 4.40 Å². The minimum absolute atomic E-state index is 0.105. The number of hydrogen-bond acceptors (Lipinski definition) is 4. The van der Waals surface area contributed by atoms with E-state index in [2.05, 4.69) is 4.40 Å². The Hall–Kier alpha value is -1.68. The molecule has 0 aliphatic carbocycles. The maximum absolute atomic E-state index is 13.8. The van der Waals surface area contributed by atoms with Crippen molar-refractivity contribution < 1.29 is 27.0 Å². The Bertz CT molecular complexity index is 612. The van der Waals surface area contributed by atoms with Crippen molar-refractivity contribution in [3.8, 4) is 0 Å². The third-order valence-corrected chi connectivity index (χ3v) is 3.76. The lowest BCUT2D eigenvalue weighted by Gasteiger charge is -2.17. The zero-order valence-electron chi connectivity index (χ0n) is 11.8. The van der Waals surface area contributed by atoms with E-state index in [1.54, 1.807) is 20.8 Å². The van der Waals surface area contributed by atoms with E-state index >= 15 is 0 Å². The lowest BCUT2D eigenvalue weighted by atomic mass is 10.1. The Morgan fingerprint density at radius 1 is 1.27 bits per heavy atom. The Kier molecular flexibility index (Phi) is 5.18. The minimum atomic E-state index is -5.10. The SMILES string of the molecule is CC(C)(C)[S+]([O-])N=Cc1cc([N+](=O)[O-])cc(C(F)(F)F)c1F. The quantitative estimate of drug-likeness (QED) is 0.277. The van der Waals surface area contributed by atoms with Crippen LogP contribution in [0.3, 0.4) is 0 Å². The average molecular weight is 340 g/mol. The number of nitro benzene ring substituents is 1. The molecule has 1 aromatic rings. The van der Waals surface area contributed by atoms with Gasteiger partial charge in [-0.3, -0.25) is 10.1 Å². The molecular weight excluding hydrogens is 328 g/mol. The minimum Gasteiger partial charge on any atom is -0.591 e. The number of rotatable bonds is 3. The second kappa shape index (κ2) is 6.21. The summed E-state index contributed by atoms with van der Waals surface area (Å²) in [5.41, 5.74) is -3.46. The Morgan fingerprint density at radius 3 is 2.23 bits per heavy atom. The second-order valence-electron chi connectivity index (χ2n) is 5.25. The lowest BCUT2D eigenvalue weighted by Crippen LogP contribution is -2.26. The van der Waals surface area contributed by atoms with Crippen LogP contribution in [0, 0.1) is 15.9 Å². The molecule has 0 saturated carbocycles. The van der Waals surface area contributed by atoms with Crippen LogP contribution in [0.25, 0.3) is 0 Å². The van der Waals surface area contributed by atoms with Gasteiger partial charge in [0.1, 0.15) is 21.9 Å². The molecule has 0 fully saturated rings. The summed E-state index contributed by atoms with van der Waals surface area (Å²) in [6.45, 7) is 4.68. The fraction of sp³-hybridized carbons (Fsp3) is 0.417. The molecule has 0 aliphatic heterocycles. The summed E-state index contributed by atoms with van der Waals surface area (Å²) in [6, 6.07) is 0.710. The summed E-state index contributed by atoms with van der Waals surface area (Å²) in [7, 11) is 0. The van der Waals surface area contributed by atoms with E-state index in [1.165, 1.54) is 0 Å². The van der Waals surface area contributed by atoms with Crippen LogP contribution in [0.1, 0.15) is 31.9 Å². The predicted molar refractivity (Wildman–Crippen MR) is 73.5 cm³/mol. The van der Waals surface area contributed by atoms with Crippen LogP contribution < -0.4 is 0 Å². The maximum Gasteiger partial charge on any atom is 0.419 e. The van der Waals surface area contributed by atoms with Crippen LogP contribution in [0.5, 0.6) is 0 Å². The molecule has 10 heteroatoms. The van der Waals surface area contributed by atoms with Crippen molar-refractivity contribution in [1.82, 2.24) is 0 Å². The molecule has 0 radical (unpaired) electrons. The third-order valence-electron chi connectivity index (χ3n) is 2.41. The molecule has 0 heterocycles. The summed E-state index contributed by atoms with van der Waals surface area (Å²) in [5, 5.41) is 10.7. The van der Waals surface area contributed by atoms with Gasteiger partial charge >= 0.3 is 6.18 Å². The van der Waals surface area contributed by atoms with E-state index in [1.807, 2.05) is 0 Å². The number of non-ortho nitro benzene ring substituents is 1. The summed E-state index contributed by atoms with van der Waals surface area (Å²) < 4.78 is 66.3. The highest BCUT2D eigenvalue weighted by molar-refractivity contribution is 7.91. The van der Waals surface area contributed by atoms with Crippen molar-refractivity contribution in [2.45, 2.75) is 31.7 Å². The number of nitrogens with zero attached hydrogens (tertiary/aromatic N) is 2. The van der Waals surface area contributed by atoms with E-state index in [9.17, 15) is 32.2 Å². The van der Waals surface area contributed by atoms with Crippen LogP contribution in [0.15, 0.2) is 16.5 Å². The monoisotopic (exact) mass is 340 g/mol. The van der Waals surface area contributed by atoms with Crippen LogP contribution in [-0.4, -0.2) is 20.4 Å². The van der Waals surface area contributed by atoms with Crippen LogP contribution in [0.4, 0.5) is 23.2 Å². The summed E-state index contributed by atoms with van der Waals surface area (Å²) in [5.74, 6) is -1.70. The van der Waals surface area contributed by atoms with Crippen molar-refractivity contribution in [3.05, 3.63) is 39.2 Å². The number of halogens is 4. The summed E-state index contributed by atoms with van der Waals surface area (Å²) in [6.07, 6.45) is -4.49. The highest BCUT2D eigenvalue weighted by atomic mass is 32.2. The largest absolute Gasteiger partial charge is 0.591 e. The Balaban J connectivity index is 3.39. The molecule has 1 atom stereocenters. The maximum atomic E-state index is 13.8. The zero-order valence-corrected chi connectivity index (χ0v) is 12.6. The van der Waals surface area contributed by atoms with E-state index in [0.29, 0.717) is 12.3 Å². The Labute approximate surface area is 126 Å². The van der Waals surface area contributed by atoms with Gasteiger partial charge in [0, 0.05) is 17.7 Å². The number of hydrogen-bond donors (Lipinski definition) is 0. The van der Waals surface area contributed by atoms with E-state index in [4.69, 9.17) is 0 Å². The molecular formula is C12H12F4N2O3S. The van der Waals surface area contributed by atoms with Gasteiger partial charge in [0.15, 0.2) is 0 Å². The van der Waals surface area contributed by atoms with Crippen molar-refractivity contribution in [1.29, 1.82) is 0 Å². The first-order valence-corrected chi connectivity index (χ1v) is 6.96. The predicted octanol–water partition coefficient (Wildman–Crippen LogP) is 3.63. The first-order valence-electron chi connectivity index (χ1n) is 5.85. The molecule has 0 spiro atoms. The highest BCUT2D eigenvalue weighted by Crippen LogP contribution is 2.35. The van der Waals surface area contributed by atoms with Gasteiger partial charge in [0.25, 0.3) is 5.69 Å². The molecule has 5 nitrogen and oxygen atoms in total. The van der Waals surface area contributed by atoms with Gasteiger partial charge < -0.3 is 4.55 Å². The van der Waals surface area contributed by atoms with E-state index < -0.39 is 49.8 Å². The molecule has 1 aromatic carbocycles. The Morgan fingerprint density at radius 2 is 1.82 bits per heavy atom. The smallest absolute Gasteiger partial charge is 0.419 e. The van der Waals surface area contributed by atoms with Gasteiger partial charge in [-0.15, -0.1) is 0 Å². The zero-order chi connectivity index (χ0) is 17.3. The third kappa shape index (κ3) is 4.41. The van der Waals surface area contributed by atoms with Crippen molar-refractivity contribution >= 4 is 23.3 Å². The van der Waals surface area contributed by atoms with Crippen LogP contribution >= 0.6 is 0 Å². The fourth-order valence-corrected chi connectivity index (χ4v) is 1.83. The van der Waals surface area contributed by atoms with Crippen molar-refractivity contribution in [2.24, 2.45) is 4.40 Å². The van der Waals surface area contributed by atoms with Gasteiger partial charge in [0.2, 0.25) is 0 Å². The summed E-state index contributed by atoms with van der Waals surface area (Å²) in [4.78, 5) is 9.58. The number of alkyl halides is 3. The first-order chi connectivity index (χ1) is 9.84. The molecule has 0 N–H and O–H groups in total. The number of nitro groups is 1. The van der Waals surface area contributed by atoms with Crippen LogP contribution in [-0.2, 0) is 17.5 Å². The molecule has 0 saturated heterocycles. The fourth-order valence-electron chi connectivity index (χ4n) is 1.30. The average Bonchev–Trinajstić information content (AvgIpc) is 2.34. The van der Waals surface area contributed by atoms with Crippen molar-refractivity contribution in [2.75, 3.05) is 0 Å². The highest BCUT2D eigenvalue weighted by Gasteiger charge is 2.37. The standard InChI is InChI=1S/C12H12F4N2O3S/c1-11(2,3)22(21)17-6-7-4-8(18(19)20)5-9(10(7)13)12(14,15)16/h4-6H,1-3H3. The second-order valence-corrected chi connectivity index (χ2v) is 7.18. The molecule has 22 heavy (non-hydrogen) atoms. The van der Waals surface area contributed by atoms with E-state index in [-0.39, 0.29) is 6.07 Å². The molecule has 0 amide bonds. The first kappa shape index (κ1) is 18.4. The van der Waals surface area contributed by atoms with Gasteiger partial charge in [-0.25, -0.2) is 4.39 Å². The molecule has 0 bridgehead atoms. The molecule has 1 rings (SSSR count). The lowest BCUT2D eigenvalue weighted by molar-refractivity contribution is -0.385.